The smallest absolute Gasteiger partial charge is 0.307 e. The molecule has 2 fully saturated rings. The Morgan fingerprint density at radius 2 is 1.65 bits per heavy atom. The highest BCUT2D eigenvalue weighted by molar-refractivity contribution is 5.97. The number of anilines is 1. The SMILES string of the molecule is CC1(C)C(C(=O)O)C1C(=O)N1CCN(c2ccc(C(=O)CN)cc2)CC1. The number of benzene rings is 1. The van der Waals surface area contributed by atoms with E-state index in [1.54, 1.807) is 17.0 Å². The number of amides is 1. The van der Waals surface area contributed by atoms with Gasteiger partial charge in [0.15, 0.2) is 5.78 Å². The van der Waals surface area contributed by atoms with Crippen molar-refractivity contribution in [2.45, 2.75) is 13.8 Å². The van der Waals surface area contributed by atoms with E-state index < -0.39 is 23.2 Å². The zero-order chi connectivity index (χ0) is 19.1. The van der Waals surface area contributed by atoms with Gasteiger partial charge in [0.1, 0.15) is 0 Å². The van der Waals surface area contributed by atoms with E-state index in [2.05, 4.69) is 4.90 Å². The molecule has 3 N–H and O–H groups in total. The second kappa shape index (κ2) is 6.72. The van der Waals surface area contributed by atoms with Gasteiger partial charge >= 0.3 is 5.97 Å². The van der Waals surface area contributed by atoms with Crippen LogP contribution in [0.1, 0.15) is 24.2 Å². The van der Waals surface area contributed by atoms with E-state index in [1.807, 2.05) is 26.0 Å². The maximum atomic E-state index is 12.7. The Bertz CT molecular complexity index is 721. The average Bonchev–Trinajstić information content (AvgIpc) is 3.23. The molecule has 0 aromatic heterocycles. The Morgan fingerprint density at radius 3 is 2.12 bits per heavy atom. The van der Waals surface area contributed by atoms with Crippen LogP contribution in [0.5, 0.6) is 0 Å². The molecule has 1 amide bonds. The molecule has 1 aliphatic heterocycles. The van der Waals surface area contributed by atoms with Crippen LogP contribution in [0.25, 0.3) is 0 Å². The van der Waals surface area contributed by atoms with Gasteiger partial charge in [0.25, 0.3) is 0 Å². The van der Waals surface area contributed by atoms with E-state index in [9.17, 15) is 19.5 Å². The maximum absolute atomic E-state index is 12.7. The molecule has 0 bridgehead atoms. The number of Topliss-reactive ketones (excluding diaryl/α,β-unsaturated/α-hetero) is 1. The van der Waals surface area contributed by atoms with Gasteiger partial charge in [-0.05, 0) is 29.7 Å². The molecule has 2 aliphatic rings. The van der Waals surface area contributed by atoms with E-state index in [0.29, 0.717) is 31.7 Å². The highest BCUT2D eigenvalue weighted by Crippen LogP contribution is 2.59. The van der Waals surface area contributed by atoms with Gasteiger partial charge < -0.3 is 20.6 Å². The maximum Gasteiger partial charge on any atom is 0.307 e. The number of hydrogen-bond donors (Lipinski definition) is 2. The van der Waals surface area contributed by atoms with Crippen molar-refractivity contribution in [1.29, 1.82) is 0 Å². The first-order valence-electron chi connectivity index (χ1n) is 8.87. The predicted molar refractivity (Wildman–Crippen MR) is 97.0 cm³/mol. The fourth-order valence-corrected chi connectivity index (χ4v) is 3.92. The fourth-order valence-electron chi connectivity index (χ4n) is 3.92. The van der Waals surface area contributed by atoms with Crippen LogP contribution in [-0.4, -0.2) is 60.4 Å². The number of carbonyl (C=O) groups is 3. The third-order valence-corrected chi connectivity index (χ3v) is 5.69. The molecule has 140 valence electrons. The van der Waals surface area contributed by atoms with Gasteiger partial charge in [-0.15, -0.1) is 0 Å². The minimum atomic E-state index is -0.890. The average molecular weight is 359 g/mol. The number of piperazine rings is 1. The molecular weight excluding hydrogens is 334 g/mol. The quantitative estimate of drug-likeness (QED) is 0.755. The molecular formula is C19H25N3O4. The molecule has 0 spiro atoms. The molecule has 1 heterocycles. The summed E-state index contributed by atoms with van der Waals surface area (Å²) < 4.78 is 0. The zero-order valence-corrected chi connectivity index (χ0v) is 15.1. The predicted octanol–water partition coefficient (Wildman–Crippen LogP) is 0.833. The number of nitrogens with two attached hydrogens (primary N) is 1. The molecule has 1 saturated carbocycles. The monoisotopic (exact) mass is 359 g/mol. The first-order chi connectivity index (χ1) is 12.3. The highest BCUT2D eigenvalue weighted by atomic mass is 16.4. The summed E-state index contributed by atoms with van der Waals surface area (Å²) in [5.74, 6) is -2.04. The van der Waals surface area contributed by atoms with Crippen LogP contribution in [0.3, 0.4) is 0 Å². The fraction of sp³-hybridized carbons (Fsp3) is 0.526. The summed E-state index contributed by atoms with van der Waals surface area (Å²) >= 11 is 0. The molecule has 0 radical (unpaired) electrons. The van der Waals surface area contributed by atoms with Crippen molar-refractivity contribution in [1.82, 2.24) is 4.90 Å². The number of hydrogen-bond acceptors (Lipinski definition) is 5. The van der Waals surface area contributed by atoms with Gasteiger partial charge in [0.05, 0.1) is 18.4 Å². The molecule has 1 saturated heterocycles. The summed E-state index contributed by atoms with van der Waals surface area (Å²) in [4.78, 5) is 39.5. The summed E-state index contributed by atoms with van der Waals surface area (Å²) in [7, 11) is 0. The Morgan fingerprint density at radius 1 is 1.08 bits per heavy atom. The number of nitrogens with zero attached hydrogens (tertiary/aromatic N) is 2. The number of aliphatic carboxylic acids is 1. The van der Waals surface area contributed by atoms with Crippen molar-refractivity contribution in [3.05, 3.63) is 29.8 Å². The van der Waals surface area contributed by atoms with Crippen molar-refractivity contribution in [3.63, 3.8) is 0 Å². The number of carboxylic acid groups (broad SMARTS) is 1. The van der Waals surface area contributed by atoms with Gasteiger partial charge in [-0.25, -0.2) is 0 Å². The third kappa shape index (κ3) is 3.19. The minimum Gasteiger partial charge on any atom is -0.481 e. The van der Waals surface area contributed by atoms with Crippen molar-refractivity contribution < 1.29 is 19.5 Å². The molecule has 3 rings (SSSR count). The van der Waals surface area contributed by atoms with Gasteiger partial charge in [-0.3, -0.25) is 14.4 Å². The molecule has 7 nitrogen and oxygen atoms in total. The Labute approximate surface area is 152 Å². The third-order valence-electron chi connectivity index (χ3n) is 5.69. The van der Waals surface area contributed by atoms with Crippen LogP contribution >= 0.6 is 0 Å². The summed E-state index contributed by atoms with van der Waals surface area (Å²) in [6.45, 7) is 6.18. The number of ketones is 1. The van der Waals surface area contributed by atoms with Crippen LogP contribution in [0.15, 0.2) is 24.3 Å². The number of carbonyl (C=O) groups excluding carboxylic acids is 2. The standard InChI is InChI=1S/C19H25N3O4/c1-19(2)15(16(19)18(25)26)17(24)22-9-7-21(8-10-22)13-5-3-12(4-6-13)14(23)11-20/h3-6,15-16H,7-11,20H2,1-2H3,(H,25,26). The van der Waals surface area contributed by atoms with E-state index in [4.69, 9.17) is 5.73 Å². The van der Waals surface area contributed by atoms with E-state index in [1.165, 1.54) is 0 Å². The van der Waals surface area contributed by atoms with Crippen molar-refractivity contribution in [2.75, 3.05) is 37.6 Å². The minimum absolute atomic E-state index is 0.00498. The highest BCUT2D eigenvalue weighted by Gasteiger charge is 2.66. The van der Waals surface area contributed by atoms with Crippen molar-refractivity contribution in [3.8, 4) is 0 Å². The van der Waals surface area contributed by atoms with Gasteiger partial charge in [0.2, 0.25) is 5.91 Å². The topological polar surface area (TPSA) is 104 Å². The van der Waals surface area contributed by atoms with Crippen LogP contribution in [0.2, 0.25) is 0 Å². The summed E-state index contributed by atoms with van der Waals surface area (Å²) in [6.07, 6.45) is 0. The van der Waals surface area contributed by atoms with Crippen molar-refractivity contribution >= 4 is 23.3 Å². The number of rotatable bonds is 5. The first kappa shape index (κ1) is 18.4. The second-order valence-electron chi connectivity index (χ2n) is 7.60. The number of carboxylic acids is 1. The molecule has 1 aromatic carbocycles. The Balaban J connectivity index is 1.59. The molecule has 1 aliphatic carbocycles. The lowest BCUT2D eigenvalue weighted by molar-refractivity contribution is -0.142. The van der Waals surface area contributed by atoms with Crippen LogP contribution < -0.4 is 10.6 Å². The molecule has 2 unspecified atom stereocenters. The van der Waals surface area contributed by atoms with E-state index in [0.717, 1.165) is 5.69 Å². The molecule has 26 heavy (non-hydrogen) atoms. The van der Waals surface area contributed by atoms with Crippen LogP contribution in [-0.2, 0) is 9.59 Å². The zero-order valence-electron chi connectivity index (χ0n) is 15.1. The largest absolute Gasteiger partial charge is 0.481 e. The normalized spacial score (nSPS) is 24.3. The lowest BCUT2D eigenvalue weighted by Crippen LogP contribution is -2.49. The lowest BCUT2D eigenvalue weighted by atomic mass is 10.1. The van der Waals surface area contributed by atoms with Gasteiger partial charge in [-0.1, -0.05) is 13.8 Å². The lowest BCUT2D eigenvalue weighted by Gasteiger charge is -2.36. The Hall–Kier alpha value is -2.41. The molecule has 7 heteroatoms. The summed E-state index contributed by atoms with van der Waals surface area (Å²) in [6, 6.07) is 7.33. The van der Waals surface area contributed by atoms with Gasteiger partial charge in [-0.2, -0.15) is 0 Å². The Kier molecular flexibility index (Phi) is 4.75. The van der Waals surface area contributed by atoms with Crippen LogP contribution in [0, 0.1) is 17.3 Å². The van der Waals surface area contributed by atoms with Crippen molar-refractivity contribution in [2.24, 2.45) is 23.0 Å². The molecule has 2 atom stereocenters. The van der Waals surface area contributed by atoms with Gasteiger partial charge in [0, 0.05) is 37.4 Å². The van der Waals surface area contributed by atoms with Crippen LogP contribution in [0.4, 0.5) is 5.69 Å². The van der Waals surface area contributed by atoms with E-state index in [-0.39, 0.29) is 18.2 Å². The summed E-state index contributed by atoms with van der Waals surface area (Å²) in [5.41, 5.74) is 6.50. The second-order valence-corrected chi connectivity index (χ2v) is 7.60. The molecule has 1 aromatic rings. The van der Waals surface area contributed by atoms with E-state index >= 15 is 0 Å². The summed E-state index contributed by atoms with van der Waals surface area (Å²) in [5, 5.41) is 9.27. The first-order valence-corrected chi connectivity index (χ1v) is 8.87.